The zero-order chi connectivity index (χ0) is 16.1. The summed E-state index contributed by atoms with van der Waals surface area (Å²) in [5, 5.41) is 13.6. The van der Waals surface area contributed by atoms with Crippen molar-refractivity contribution in [3.05, 3.63) is 71.9 Å². The van der Waals surface area contributed by atoms with Gasteiger partial charge in [0.25, 0.3) is 0 Å². The van der Waals surface area contributed by atoms with Gasteiger partial charge in [0.2, 0.25) is 5.91 Å². The lowest BCUT2D eigenvalue weighted by molar-refractivity contribution is -0.122. The summed E-state index contributed by atoms with van der Waals surface area (Å²) in [6.45, 7) is -0.108. The summed E-state index contributed by atoms with van der Waals surface area (Å²) in [6.07, 6.45) is 3.02. The molecule has 0 spiro atoms. The zero-order valence-electron chi connectivity index (χ0n) is 12.8. The molecule has 0 aliphatic rings. The topological polar surface area (TPSA) is 65.1 Å². The molecule has 4 nitrogen and oxygen atoms in total. The molecular weight excluding hydrogens is 288 g/mol. The van der Waals surface area contributed by atoms with E-state index in [-0.39, 0.29) is 18.6 Å². The van der Waals surface area contributed by atoms with Crippen LogP contribution in [0.5, 0.6) is 0 Å². The Kier molecular flexibility index (Phi) is 4.74. The number of rotatable bonds is 6. The Bertz CT molecular complexity index is 780. The van der Waals surface area contributed by atoms with Crippen LogP contribution in [0, 0.1) is 0 Å². The quantitative estimate of drug-likeness (QED) is 0.655. The number of carbonyl (C=O) groups excluding carboxylic acids is 1. The van der Waals surface area contributed by atoms with Crippen molar-refractivity contribution in [3.8, 4) is 0 Å². The lowest BCUT2D eigenvalue weighted by atomic mass is 10.1. The molecule has 1 unspecified atom stereocenters. The second kappa shape index (κ2) is 7.11. The third kappa shape index (κ3) is 3.60. The predicted octanol–water partition coefficient (Wildman–Crippen LogP) is 2.95. The maximum Gasteiger partial charge on any atom is 0.220 e. The highest BCUT2D eigenvalue weighted by Crippen LogP contribution is 2.19. The second-order valence-corrected chi connectivity index (χ2v) is 5.57. The van der Waals surface area contributed by atoms with Crippen molar-refractivity contribution in [2.75, 3.05) is 6.61 Å². The van der Waals surface area contributed by atoms with Crippen molar-refractivity contribution in [1.82, 2.24) is 10.3 Å². The molecule has 0 fully saturated rings. The number of nitrogens with one attached hydrogen (secondary N) is 2. The van der Waals surface area contributed by atoms with Crippen LogP contribution in [0.4, 0.5) is 0 Å². The minimum atomic E-state index is -0.355. The SMILES string of the molecule is O=C(CCc1c[nH]c2ccccc12)NC(CO)c1ccccc1. The van der Waals surface area contributed by atoms with Gasteiger partial charge in [0.05, 0.1) is 12.6 Å². The smallest absolute Gasteiger partial charge is 0.220 e. The van der Waals surface area contributed by atoms with Gasteiger partial charge >= 0.3 is 0 Å². The van der Waals surface area contributed by atoms with Gasteiger partial charge in [-0.3, -0.25) is 4.79 Å². The molecule has 2 aromatic carbocycles. The summed E-state index contributed by atoms with van der Waals surface area (Å²) in [5.41, 5.74) is 3.13. The van der Waals surface area contributed by atoms with Crippen LogP contribution in [-0.2, 0) is 11.2 Å². The first kappa shape index (κ1) is 15.3. The highest BCUT2D eigenvalue weighted by Gasteiger charge is 2.13. The Hall–Kier alpha value is -2.59. The number of hydrogen-bond acceptors (Lipinski definition) is 2. The second-order valence-electron chi connectivity index (χ2n) is 5.57. The van der Waals surface area contributed by atoms with Gasteiger partial charge in [0.15, 0.2) is 0 Å². The molecule has 1 aromatic heterocycles. The number of aliphatic hydroxyl groups is 1. The van der Waals surface area contributed by atoms with Crippen LogP contribution in [0.1, 0.15) is 23.6 Å². The third-order valence-corrected chi connectivity index (χ3v) is 4.02. The van der Waals surface area contributed by atoms with Gasteiger partial charge in [-0.2, -0.15) is 0 Å². The fraction of sp³-hybridized carbons (Fsp3) is 0.211. The number of fused-ring (bicyclic) bond motifs is 1. The Morgan fingerprint density at radius 2 is 1.83 bits per heavy atom. The van der Waals surface area contributed by atoms with Crippen LogP contribution in [0.3, 0.4) is 0 Å². The van der Waals surface area contributed by atoms with Crippen molar-refractivity contribution in [3.63, 3.8) is 0 Å². The highest BCUT2D eigenvalue weighted by molar-refractivity contribution is 5.84. The van der Waals surface area contributed by atoms with E-state index in [1.807, 2.05) is 54.7 Å². The highest BCUT2D eigenvalue weighted by atomic mass is 16.3. The molecule has 0 aliphatic heterocycles. The molecule has 1 amide bonds. The van der Waals surface area contributed by atoms with E-state index >= 15 is 0 Å². The maximum atomic E-state index is 12.2. The molecule has 0 saturated carbocycles. The van der Waals surface area contributed by atoms with E-state index in [4.69, 9.17) is 0 Å². The van der Waals surface area contributed by atoms with Crippen molar-refractivity contribution in [2.45, 2.75) is 18.9 Å². The molecule has 0 saturated heterocycles. The average Bonchev–Trinajstić information content (AvgIpc) is 3.02. The molecule has 23 heavy (non-hydrogen) atoms. The Labute approximate surface area is 135 Å². The van der Waals surface area contributed by atoms with Crippen molar-refractivity contribution in [1.29, 1.82) is 0 Å². The van der Waals surface area contributed by atoms with Gasteiger partial charge in [0, 0.05) is 23.5 Å². The molecule has 3 aromatic rings. The van der Waals surface area contributed by atoms with E-state index in [0.29, 0.717) is 12.8 Å². The van der Waals surface area contributed by atoms with Crippen LogP contribution in [0.15, 0.2) is 60.8 Å². The van der Waals surface area contributed by atoms with Gasteiger partial charge in [0.1, 0.15) is 0 Å². The largest absolute Gasteiger partial charge is 0.394 e. The van der Waals surface area contributed by atoms with Gasteiger partial charge in [-0.25, -0.2) is 0 Å². The maximum absolute atomic E-state index is 12.2. The molecule has 3 rings (SSSR count). The summed E-state index contributed by atoms with van der Waals surface area (Å²) in [6, 6.07) is 17.2. The molecule has 3 N–H and O–H groups in total. The van der Waals surface area contributed by atoms with E-state index in [1.165, 1.54) is 0 Å². The fourth-order valence-corrected chi connectivity index (χ4v) is 2.77. The molecule has 4 heteroatoms. The first-order valence-corrected chi connectivity index (χ1v) is 7.78. The van der Waals surface area contributed by atoms with Gasteiger partial charge < -0.3 is 15.4 Å². The van der Waals surface area contributed by atoms with Crippen LogP contribution in [-0.4, -0.2) is 22.6 Å². The van der Waals surface area contributed by atoms with Gasteiger partial charge in [-0.05, 0) is 23.6 Å². The number of para-hydroxylation sites is 1. The lowest BCUT2D eigenvalue weighted by Crippen LogP contribution is -2.30. The summed E-state index contributed by atoms with van der Waals surface area (Å²) in [7, 11) is 0. The standard InChI is InChI=1S/C19H20N2O2/c22-13-18(14-6-2-1-3-7-14)21-19(23)11-10-15-12-20-17-9-5-4-8-16(15)17/h1-9,12,18,20,22H,10-11,13H2,(H,21,23). The van der Waals surface area contributed by atoms with Crippen LogP contribution in [0.25, 0.3) is 10.9 Å². The summed E-state index contributed by atoms with van der Waals surface area (Å²) in [4.78, 5) is 15.4. The van der Waals surface area contributed by atoms with Crippen molar-refractivity contribution >= 4 is 16.8 Å². The Balaban J connectivity index is 1.61. The van der Waals surface area contributed by atoms with Crippen molar-refractivity contribution < 1.29 is 9.90 Å². The van der Waals surface area contributed by atoms with Gasteiger partial charge in [-0.15, -0.1) is 0 Å². The lowest BCUT2D eigenvalue weighted by Gasteiger charge is -2.16. The molecule has 0 aliphatic carbocycles. The minimum Gasteiger partial charge on any atom is -0.394 e. The van der Waals surface area contributed by atoms with E-state index < -0.39 is 0 Å². The summed E-state index contributed by atoms with van der Waals surface area (Å²) in [5.74, 6) is -0.0572. The van der Waals surface area contributed by atoms with Gasteiger partial charge in [-0.1, -0.05) is 48.5 Å². The number of aromatic nitrogens is 1. The van der Waals surface area contributed by atoms with E-state index in [9.17, 15) is 9.90 Å². The number of aromatic amines is 1. The molecule has 0 bridgehead atoms. The normalized spacial score (nSPS) is 12.2. The van der Waals surface area contributed by atoms with Crippen molar-refractivity contribution in [2.24, 2.45) is 0 Å². The number of aryl methyl sites for hydroxylation is 1. The molecule has 0 radical (unpaired) electrons. The summed E-state index contributed by atoms with van der Waals surface area (Å²) >= 11 is 0. The fourth-order valence-electron chi connectivity index (χ4n) is 2.77. The number of H-pyrrole nitrogens is 1. The first-order valence-electron chi connectivity index (χ1n) is 7.78. The number of hydrogen-bond donors (Lipinski definition) is 3. The number of amides is 1. The van der Waals surface area contributed by atoms with Crippen LogP contribution >= 0.6 is 0 Å². The average molecular weight is 308 g/mol. The summed E-state index contributed by atoms with van der Waals surface area (Å²) < 4.78 is 0. The third-order valence-electron chi connectivity index (χ3n) is 4.02. The van der Waals surface area contributed by atoms with E-state index in [1.54, 1.807) is 0 Å². The molecule has 1 heterocycles. The van der Waals surface area contributed by atoms with Crippen LogP contribution in [0.2, 0.25) is 0 Å². The molecule has 1 atom stereocenters. The first-order chi connectivity index (χ1) is 11.3. The van der Waals surface area contributed by atoms with E-state index in [2.05, 4.69) is 16.4 Å². The van der Waals surface area contributed by atoms with Crippen LogP contribution < -0.4 is 5.32 Å². The molecule has 118 valence electrons. The monoisotopic (exact) mass is 308 g/mol. The number of benzene rings is 2. The minimum absolute atomic E-state index is 0.0572. The predicted molar refractivity (Wildman–Crippen MR) is 91.0 cm³/mol. The zero-order valence-corrected chi connectivity index (χ0v) is 12.8. The number of carbonyl (C=O) groups is 1. The number of aliphatic hydroxyl groups excluding tert-OH is 1. The Morgan fingerprint density at radius 3 is 2.61 bits per heavy atom. The Morgan fingerprint density at radius 1 is 1.09 bits per heavy atom. The molecular formula is C19H20N2O2. The van der Waals surface area contributed by atoms with E-state index in [0.717, 1.165) is 22.0 Å².